The predicted molar refractivity (Wildman–Crippen MR) is 77.6 cm³/mol. The van der Waals surface area contributed by atoms with Crippen LogP contribution in [-0.2, 0) is 26.2 Å². The summed E-state index contributed by atoms with van der Waals surface area (Å²) in [5.41, 5.74) is 0.692. The van der Waals surface area contributed by atoms with Crippen LogP contribution in [0, 0.1) is 0 Å². The fourth-order valence-electron chi connectivity index (χ4n) is 2.89. The van der Waals surface area contributed by atoms with Crippen LogP contribution in [0.15, 0.2) is 12.4 Å². The molecular formula is C14H18N4O5. The van der Waals surface area contributed by atoms with Crippen molar-refractivity contribution in [1.29, 1.82) is 0 Å². The van der Waals surface area contributed by atoms with Crippen molar-refractivity contribution in [2.45, 2.75) is 37.5 Å². The van der Waals surface area contributed by atoms with Gasteiger partial charge in [-0.25, -0.2) is 4.79 Å². The summed E-state index contributed by atoms with van der Waals surface area (Å²) in [6.45, 7) is 0.499. The Morgan fingerprint density at radius 3 is 2.70 bits per heavy atom. The number of ether oxygens (including phenoxy) is 1. The quantitative estimate of drug-likeness (QED) is 0.756. The molecule has 9 nitrogen and oxygen atoms in total. The van der Waals surface area contributed by atoms with Crippen molar-refractivity contribution in [2.24, 2.45) is 7.05 Å². The smallest absolute Gasteiger partial charge is 0.332 e. The van der Waals surface area contributed by atoms with Crippen LogP contribution in [0.3, 0.4) is 0 Å². The second kappa shape index (κ2) is 5.99. The molecule has 0 radical (unpaired) electrons. The molecule has 2 aliphatic heterocycles. The molecule has 0 spiro atoms. The number of nitrogens with zero attached hydrogens (tertiary/aromatic N) is 3. The first-order valence-corrected chi connectivity index (χ1v) is 7.44. The van der Waals surface area contributed by atoms with E-state index in [1.54, 1.807) is 29.0 Å². The minimum absolute atomic E-state index is 0.195. The molecule has 3 atom stereocenters. The third-order valence-corrected chi connectivity index (χ3v) is 4.11. The Morgan fingerprint density at radius 2 is 2.09 bits per heavy atom. The normalized spacial score (nSPS) is 27.4. The van der Waals surface area contributed by atoms with Gasteiger partial charge in [-0.2, -0.15) is 5.10 Å². The summed E-state index contributed by atoms with van der Waals surface area (Å²) in [6, 6.07) is -0.616. The highest BCUT2D eigenvalue weighted by molar-refractivity contribution is 6.01. The number of rotatable bonds is 4. The van der Waals surface area contributed by atoms with Crippen LogP contribution in [0.4, 0.5) is 5.69 Å². The lowest BCUT2D eigenvalue weighted by Crippen LogP contribution is -2.45. The number of aliphatic carboxylic acids is 1. The SMILES string of the molecule is Cn1cc(N2CCC(NC(=O)[C@@H]3CC[C@H](C(=O)O)O3)C2=O)cn1. The highest BCUT2D eigenvalue weighted by Gasteiger charge is 2.39. The first kappa shape index (κ1) is 15.5. The first-order valence-electron chi connectivity index (χ1n) is 7.44. The van der Waals surface area contributed by atoms with Crippen molar-refractivity contribution >= 4 is 23.5 Å². The number of carboxylic acid groups (broad SMARTS) is 1. The van der Waals surface area contributed by atoms with Gasteiger partial charge in [-0.3, -0.25) is 14.3 Å². The van der Waals surface area contributed by atoms with Crippen LogP contribution < -0.4 is 10.2 Å². The molecule has 2 aliphatic rings. The topological polar surface area (TPSA) is 114 Å². The number of nitrogens with one attached hydrogen (secondary N) is 1. The van der Waals surface area contributed by atoms with Crippen LogP contribution in [0.5, 0.6) is 0 Å². The largest absolute Gasteiger partial charge is 0.479 e. The van der Waals surface area contributed by atoms with E-state index < -0.39 is 30.1 Å². The van der Waals surface area contributed by atoms with Gasteiger partial charge in [-0.1, -0.05) is 0 Å². The Bertz CT molecular complexity index is 643. The fraction of sp³-hybridized carbons (Fsp3) is 0.571. The second-order valence-corrected chi connectivity index (χ2v) is 5.74. The van der Waals surface area contributed by atoms with Crippen molar-refractivity contribution in [1.82, 2.24) is 15.1 Å². The molecule has 9 heteroatoms. The molecular weight excluding hydrogens is 304 g/mol. The number of carbonyl (C=O) groups is 3. The Kier molecular flexibility index (Phi) is 4.03. The summed E-state index contributed by atoms with van der Waals surface area (Å²) in [6.07, 6.45) is 2.71. The van der Waals surface area contributed by atoms with Crippen LogP contribution in [0.25, 0.3) is 0 Å². The van der Waals surface area contributed by atoms with Crippen molar-refractivity contribution in [3.05, 3.63) is 12.4 Å². The molecule has 1 aromatic heterocycles. The van der Waals surface area contributed by atoms with Gasteiger partial charge in [0.1, 0.15) is 12.1 Å². The van der Waals surface area contributed by atoms with Crippen LogP contribution >= 0.6 is 0 Å². The van der Waals surface area contributed by atoms with Crippen molar-refractivity contribution in [2.75, 3.05) is 11.4 Å². The molecule has 0 bridgehead atoms. The lowest BCUT2D eigenvalue weighted by molar-refractivity contribution is -0.152. The van der Waals surface area contributed by atoms with E-state index in [0.29, 0.717) is 31.5 Å². The average Bonchev–Trinajstić information content (AvgIpc) is 3.20. The first-order chi connectivity index (χ1) is 11.0. The number of anilines is 1. The molecule has 2 N–H and O–H groups in total. The summed E-state index contributed by atoms with van der Waals surface area (Å²) >= 11 is 0. The number of amides is 2. The zero-order chi connectivity index (χ0) is 16.6. The van der Waals surface area contributed by atoms with Gasteiger partial charge >= 0.3 is 5.97 Å². The van der Waals surface area contributed by atoms with Crippen LogP contribution in [0.2, 0.25) is 0 Å². The lowest BCUT2D eigenvalue weighted by atomic mass is 10.1. The summed E-state index contributed by atoms with van der Waals surface area (Å²) in [5.74, 6) is -1.70. The molecule has 23 heavy (non-hydrogen) atoms. The number of hydrogen-bond donors (Lipinski definition) is 2. The van der Waals surface area contributed by atoms with E-state index >= 15 is 0 Å². The third kappa shape index (κ3) is 3.04. The molecule has 0 aromatic carbocycles. The molecule has 124 valence electrons. The average molecular weight is 322 g/mol. The number of carboxylic acids is 1. The number of aromatic nitrogens is 2. The molecule has 0 saturated carbocycles. The molecule has 1 unspecified atom stereocenters. The van der Waals surface area contributed by atoms with E-state index in [0.717, 1.165) is 0 Å². The Hall–Kier alpha value is -2.42. The summed E-state index contributed by atoms with van der Waals surface area (Å²) in [5, 5.41) is 15.6. The van der Waals surface area contributed by atoms with E-state index in [4.69, 9.17) is 9.84 Å². The minimum Gasteiger partial charge on any atom is -0.479 e. The van der Waals surface area contributed by atoms with Crippen molar-refractivity contribution in [3.8, 4) is 0 Å². The maximum absolute atomic E-state index is 12.4. The van der Waals surface area contributed by atoms with Gasteiger partial charge in [0.2, 0.25) is 11.8 Å². The molecule has 3 rings (SSSR count). The van der Waals surface area contributed by atoms with E-state index in [1.807, 2.05) is 0 Å². The van der Waals surface area contributed by atoms with Gasteiger partial charge in [0, 0.05) is 19.8 Å². The van der Waals surface area contributed by atoms with Crippen LogP contribution in [-0.4, -0.2) is 57.5 Å². The van der Waals surface area contributed by atoms with E-state index in [1.165, 1.54) is 0 Å². The monoisotopic (exact) mass is 322 g/mol. The maximum atomic E-state index is 12.4. The van der Waals surface area contributed by atoms with E-state index in [2.05, 4.69) is 10.4 Å². The Balaban J connectivity index is 1.58. The summed E-state index contributed by atoms with van der Waals surface area (Å²) < 4.78 is 6.80. The molecule has 2 fully saturated rings. The maximum Gasteiger partial charge on any atom is 0.332 e. The Labute approximate surface area is 132 Å². The highest BCUT2D eigenvalue weighted by Crippen LogP contribution is 2.23. The number of hydrogen-bond acceptors (Lipinski definition) is 5. The van der Waals surface area contributed by atoms with Crippen molar-refractivity contribution in [3.63, 3.8) is 0 Å². The lowest BCUT2D eigenvalue weighted by Gasteiger charge is -2.17. The minimum atomic E-state index is -1.07. The molecule has 0 aliphatic carbocycles. The zero-order valence-corrected chi connectivity index (χ0v) is 12.6. The molecule has 1 aromatic rings. The zero-order valence-electron chi connectivity index (χ0n) is 12.6. The molecule has 3 heterocycles. The standard InChI is InChI=1S/C14H18N4O5/c1-17-7-8(6-15-17)18-5-4-9(13(18)20)16-12(19)10-2-3-11(23-10)14(21)22/h6-7,9-11H,2-5H2,1H3,(H,16,19)(H,21,22)/t9?,10-,11+/m0/s1. The van der Waals surface area contributed by atoms with Gasteiger partial charge in [-0.15, -0.1) is 0 Å². The van der Waals surface area contributed by atoms with Gasteiger partial charge in [0.15, 0.2) is 6.10 Å². The Morgan fingerprint density at radius 1 is 1.35 bits per heavy atom. The fourth-order valence-corrected chi connectivity index (χ4v) is 2.89. The number of aryl methyl sites for hydroxylation is 1. The van der Waals surface area contributed by atoms with Gasteiger partial charge in [0.25, 0.3) is 0 Å². The third-order valence-electron chi connectivity index (χ3n) is 4.11. The van der Waals surface area contributed by atoms with Gasteiger partial charge in [-0.05, 0) is 19.3 Å². The summed E-state index contributed by atoms with van der Waals surface area (Å²) in [4.78, 5) is 36.9. The predicted octanol–water partition coefficient (Wildman–Crippen LogP) is -0.726. The number of carbonyl (C=O) groups excluding carboxylic acids is 2. The highest BCUT2D eigenvalue weighted by atomic mass is 16.5. The van der Waals surface area contributed by atoms with Gasteiger partial charge in [0.05, 0.1) is 11.9 Å². The second-order valence-electron chi connectivity index (χ2n) is 5.74. The van der Waals surface area contributed by atoms with Gasteiger partial charge < -0.3 is 20.1 Å². The molecule has 2 saturated heterocycles. The van der Waals surface area contributed by atoms with E-state index in [9.17, 15) is 14.4 Å². The van der Waals surface area contributed by atoms with Crippen molar-refractivity contribution < 1.29 is 24.2 Å². The summed E-state index contributed by atoms with van der Waals surface area (Å²) in [7, 11) is 1.76. The van der Waals surface area contributed by atoms with Crippen LogP contribution in [0.1, 0.15) is 19.3 Å². The molecule has 2 amide bonds. The van der Waals surface area contributed by atoms with E-state index in [-0.39, 0.29) is 5.91 Å².